The van der Waals surface area contributed by atoms with Crippen molar-refractivity contribution >= 4 is 11.3 Å². The Bertz CT molecular complexity index is 884. The molecule has 5 nitrogen and oxygen atoms in total. The summed E-state index contributed by atoms with van der Waals surface area (Å²) in [6, 6.07) is 18.2. The Balaban J connectivity index is 1.49. The third-order valence-electron chi connectivity index (χ3n) is 4.75. The molecule has 0 amide bonds. The molecule has 1 fully saturated rings. The second kappa shape index (κ2) is 8.27. The molecule has 1 saturated heterocycles. The van der Waals surface area contributed by atoms with Crippen LogP contribution in [-0.2, 0) is 11.2 Å². The van der Waals surface area contributed by atoms with Crippen molar-refractivity contribution in [2.45, 2.75) is 37.6 Å². The van der Waals surface area contributed by atoms with E-state index < -0.39 is 6.10 Å². The molecule has 1 aliphatic rings. The highest BCUT2D eigenvalue weighted by atomic mass is 32.1. The third kappa shape index (κ3) is 4.42. The zero-order valence-electron chi connectivity index (χ0n) is 14.9. The van der Waals surface area contributed by atoms with Crippen molar-refractivity contribution in [3.63, 3.8) is 0 Å². The number of aliphatic hydroxyl groups is 2. The average molecular weight is 382 g/mol. The van der Waals surface area contributed by atoms with Gasteiger partial charge in [0, 0.05) is 24.8 Å². The lowest BCUT2D eigenvalue weighted by molar-refractivity contribution is -0.113. The fourth-order valence-electron chi connectivity index (χ4n) is 3.42. The molecule has 0 aliphatic carbocycles. The molecule has 0 saturated carbocycles. The maximum atomic E-state index is 10.1. The number of nitrogens with zero attached hydrogens (tertiary/aromatic N) is 2. The summed E-state index contributed by atoms with van der Waals surface area (Å²) in [6.07, 6.45) is 0.800. The van der Waals surface area contributed by atoms with Gasteiger partial charge in [0.2, 0.25) is 0 Å². The number of benzene rings is 2. The highest BCUT2D eigenvalue weighted by Crippen LogP contribution is 2.32. The molecule has 1 aromatic heterocycles. The first kappa shape index (κ1) is 18.3. The van der Waals surface area contributed by atoms with Crippen LogP contribution in [0.2, 0.25) is 0 Å². The predicted molar refractivity (Wildman–Crippen MR) is 105 cm³/mol. The van der Waals surface area contributed by atoms with Gasteiger partial charge < -0.3 is 14.9 Å². The van der Waals surface area contributed by atoms with Gasteiger partial charge in [0.15, 0.2) is 0 Å². The highest BCUT2D eigenvalue weighted by molar-refractivity contribution is 7.14. The van der Waals surface area contributed by atoms with E-state index in [9.17, 15) is 10.2 Å². The number of aliphatic hydroxyl groups excluding tert-OH is 2. The van der Waals surface area contributed by atoms with Crippen molar-refractivity contribution < 1.29 is 14.9 Å². The van der Waals surface area contributed by atoms with Crippen LogP contribution in [0.3, 0.4) is 0 Å². The molecule has 2 heterocycles. The van der Waals surface area contributed by atoms with Crippen molar-refractivity contribution in [2.24, 2.45) is 0 Å². The Morgan fingerprint density at radius 2 is 1.89 bits per heavy atom. The second-order valence-corrected chi connectivity index (χ2v) is 7.91. The summed E-state index contributed by atoms with van der Waals surface area (Å²) >= 11 is 1.60. The average Bonchev–Trinajstić information content (AvgIpc) is 3.17. The molecule has 3 aromatic rings. The summed E-state index contributed by atoms with van der Waals surface area (Å²) in [4.78, 5) is 0. The van der Waals surface area contributed by atoms with Crippen LogP contribution in [0.25, 0.3) is 10.6 Å². The van der Waals surface area contributed by atoms with Gasteiger partial charge in [-0.25, -0.2) is 0 Å². The third-order valence-corrected chi connectivity index (χ3v) is 5.72. The molecule has 6 heteroatoms. The molecule has 140 valence electrons. The summed E-state index contributed by atoms with van der Waals surface area (Å²) in [7, 11) is 0. The minimum Gasteiger partial charge on any atom is -0.394 e. The van der Waals surface area contributed by atoms with Crippen LogP contribution in [0.4, 0.5) is 0 Å². The smallest absolute Gasteiger partial charge is 0.147 e. The first-order valence-corrected chi connectivity index (χ1v) is 9.94. The molecule has 2 aromatic carbocycles. The minimum atomic E-state index is -0.443. The number of rotatable bonds is 5. The second-order valence-electron chi connectivity index (χ2n) is 6.84. The van der Waals surface area contributed by atoms with Gasteiger partial charge >= 0.3 is 0 Å². The van der Waals surface area contributed by atoms with E-state index >= 15 is 0 Å². The Morgan fingerprint density at radius 1 is 1.04 bits per heavy atom. The number of hydrogen-bond donors (Lipinski definition) is 2. The SMILES string of the molecule is OCC1CC(O)CC(c2cccc(Cc3nnc(-c4ccccc4)s3)c2)O1. The van der Waals surface area contributed by atoms with Gasteiger partial charge in [-0.2, -0.15) is 0 Å². The highest BCUT2D eigenvalue weighted by Gasteiger charge is 2.29. The van der Waals surface area contributed by atoms with Crippen LogP contribution in [-0.4, -0.2) is 39.2 Å². The van der Waals surface area contributed by atoms with Gasteiger partial charge in [-0.3, -0.25) is 0 Å². The number of ether oxygens (including phenoxy) is 1. The molecule has 0 radical (unpaired) electrons. The van der Waals surface area contributed by atoms with Crippen molar-refractivity contribution in [1.29, 1.82) is 0 Å². The Morgan fingerprint density at radius 3 is 2.70 bits per heavy atom. The molecular weight excluding hydrogens is 360 g/mol. The van der Waals surface area contributed by atoms with E-state index in [1.165, 1.54) is 0 Å². The summed E-state index contributed by atoms with van der Waals surface area (Å²) in [5.41, 5.74) is 3.24. The van der Waals surface area contributed by atoms with Gasteiger partial charge in [-0.15, -0.1) is 10.2 Å². The summed E-state index contributed by atoms with van der Waals surface area (Å²) < 4.78 is 5.92. The molecular formula is C21H22N2O3S. The van der Waals surface area contributed by atoms with Crippen LogP contribution in [0.15, 0.2) is 54.6 Å². The maximum absolute atomic E-state index is 10.1. The van der Waals surface area contributed by atoms with Crippen molar-refractivity contribution in [3.05, 3.63) is 70.7 Å². The zero-order valence-corrected chi connectivity index (χ0v) is 15.7. The van der Waals surface area contributed by atoms with E-state index in [1.807, 2.05) is 42.5 Å². The van der Waals surface area contributed by atoms with Crippen LogP contribution in [0, 0.1) is 0 Å². The Hall–Kier alpha value is -2.12. The standard InChI is InChI=1S/C21H22N2O3S/c24-13-18-11-17(25)12-19(26-18)16-8-4-5-14(9-16)10-20-22-23-21(27-20)15-6-2-1-3-7-15/h1-9,17-19,24-25H,10-13H2. The topological polar surface area (TPSA) is 75.5 Å². The Labute approximate surface area is 162 Å². The van der Waals surface area contributed by atoms with Crippen LogP contribution in [0.1, 0.15) is 35.1 Å². The van der Waals surface area contributed by atoms with Gasteiger partial charge in [-0.05, 0) is 11.1 Å². The minimum absolute atomic E-state index is 0.0691. The molecule has 0 spiro atoms. The van der Waals surface area contributed by atoms with E-state index in [-0.39, 0.29) is 18.8 Å². The largest absolute Gasteiger partial charge is 0.394 e. The monoisotopic (exact) mass is 382 g/mol. The summed E-state index contributed by atoms with van der Waals surface area (Å²) in [5.74, 6) is 0. The van der Waals surface area contributed by atoms with Crippen LogP contribution >= 0.6 is 11.3 Å². The molecule has 4 rings (SSSR count). The lowest BCUT2D eigenvalue weighted by Gasteiger charge is -2.32. The quantitative estimate of drug-likeness (QED) is 0.708. The van der Waals surface area contributed by atoms with Gasteiger partial charge in [-0.1, -0.05) is 65.9 Å². The molecule has 3 atom stereocenters. The molecule has 1 aliphatic heterocycles. The zero-order chi connectivity index (χ0) is 18.6. The molecule has 2 N–H and O–H groups in total. The molecule has 3 unspecified atom stereocenters. The van der Waals surface area contributed by atoms with Crippen molar-refractivity contribution in [2.75, 3.05) is 6.61 Å². The lowest BCUT2D eigenvalue weighted by atomic mass is 9.95. The maximum Gasteiger partial charge on any atom is 0.147 e. The van der Waals surface area contributed by atoms with Gasteiger partial charge in [0.1, 0.15) is 10.0 Å². The van der Waals surface area contributed by atoms with Crippen molar-refractivity contribution in [1.82, 2.24) is 10.2 Å². The fraction of sp³-hybridized carbons (Fsp3) is 0.333. The van der Waals surface area contributed by atoms with E-state index in [0.29, 0.717) is 19.3 Å². The Kier molecular flexibility index (Phi) is 5.59. The van der Waals surface area contributed by atoms with Crippen LogP contribution in [0.5, 0.6) is 0 Å². The summed E-state index contributed by atoms with van der Waals surface area (Å²) in [5, 5.41) is 29.9. The van der Waals surface area contributed by atoms with E-state index in [1.54, 1.807) is 11.3 Å². The van der Waals surface area contributed by atoms with E-state index in [2.05, 4.69) is 22.3 Å². The molecule has 0 bridgehead atoms. The van der Waals surface area contributed by atoms with Gasteiger partial charge in [0.25, 0.3) is 0 Å². The van der Waals surface area contributed by atoms with Crippen molar-refractivity contribution in [3.8, 4) is 10.6 Å². The van der Waals surface area contributed by atoms with Gasteiger partial charge in [0.05, 0.1) is 24.9 Å². The normalized spacial score (nSPS) is 22.7. The first-order chi connectivity index (χ1) is 13.2. The van der Waals surface area contributed by atoms with E-state index in [4.69, 9.17) is 4.74 Å². The molecule has 27 heavy (non-hydrogen) atoms. The van der Waals surface area contributed by atoms with E-state index in [0.717, 1.165) is 26.7 Å². The number of hydrogen-bond acceptors (Lipinski definition) is 6. The lowest BCUT2D eigenvalue weighted by Crippen LogP contribution is -2.33. The predicted octanol–water partition coefficient (Wildman–Crippen LogP) is 3.37. The van der Waals surface area contributed by atoms with Crippen LogP contribution < -0.4 is 0 Å². The number of aromatic nitrogens is 2. The summed E-state index contributed by atoms with van der Waals surface area (Å²) in [6.45, 7) is -0.0691. The fourth-order valence-corrected chi connectivity index (χ4v) is 4.30. The first-order valence-electron chi connectivity index (χ1n) is 9.12.